The second kappa shape index (κ2) is 9.31. The van der Waals surface area contributed by atoms with Crippen molar-refractivity contribution in [3.05, 3.63) is 46.4 Å². The number of rotatable bonds is 4. The average molecular weight is 459 g/mol. The second-order valence-corrected chi connectivity index (χ2v) is 8.88. The number of likely N-dealkylation sites (N-methyl/N-ethyl adjacent to an activating group) is 1. The van der Waals surface area contributed by atoms with Gasteiger partial charge in [-0.05, 0) is 25.8 Å². The third kappa shape index (κ3) is 4.05. The van der Waals surface area contributed by atoms with Gasteiger partial charge in [-0.2, -0.15) is 5.10 Å². The number of para-hydroxylation sites is 1. The second-order valence-electron chi connectivity index (χ2n) is 8.88. The smallest absolute Gasteiger partial charge is 0.293 e. The van der Waals surface area contributed by atoms with Crippen molar-refractivity contribution >= 4 is 28.4 Å². The molecule has 1 saturated heterocycles. The summed E-state index contributed by atoms with van der Waals surface area (Å²) in [4.78, 5) is 27.6. The summed E-state index contributed by atoms with van der Waals surface area (Å²) < 4.78 is 3.41. The van der Waals surface area contributed by atoms with Crippen LogP contribution in [-0.4, -0.2) is 64.3 Å². The fourth-order valence-corrected chi connectivity index (χ4v) is 4.80. The number of benzene rings is 1. The highest BCUT2D eigenvalue weighted by atomic mass is 16.1. The van der Waals surface area contributed by atoms with E-state index in [2.05, 4.69) is 45.9 Å². The standard InChI is InChI=1S/C25H30N8O/c1-3-4-13-32-23-20(29-25(32)31-12-7-8-18(26)16-31)15-28-33(24(23)34)17-21-19-9-5-6-10-22(19)30(2)14-11-27-21/h5-6,9-10,15,18H,7-8,11-14,16-17,26H2,1-2H3. The van der Waals surface area contributed by atoms with Gasteiger partial charge in [0.2, 0.25) is 5.95 Å². The molecular weight excluding hydrogens is 428 g/mol. The topological polar surface area (TPSA) is 97.6 Å². The number of piperidine rings is 1. The molecule has 1 atom stereocenters. The van der Waals surface area contributed by atoms with Crippen molar-refractivity contribution in [1.82, 2.24) is 19.3 Å². The molecule has 1 aromatic carbocycles. The Hall–Kier alpha value is -3.64. The molecule has 0 bridgehead atoms. The number of aromatic nitrogens is 4. The van der Waals surface area contributed by atoms with Gasteiger partial charge in [-0.3, -0.25) is 14.4 Å². The van der Waals surface area contributed by atoms with Gasteiger partial charge in [0, 0.05) is 44.0 Å². The number of benzodiazepines with no additional fused rings is 1. The predicted molar refractivity (Wildman–Crippen MR) is 136 cm³/mol. The summed E-state index contributed by atoms with van der Waals surface area (Å²) in [5, 5.41) is 4.47. The molecule has 4 heterocycles. The van der Waals surface area contributed by atoms with Crippen LogP contribution in [0.1, 0.15) is 25.3 Å². The molecule has 2 aliphatic rings. The number of aliphatic imine (C=N–C) groups is 1. The number of anilines is 2. The first-order chi connectivity index (χ1) is 16.6. The number of nitrogens with two attached hydrogens (primary N) is 1. The van der Waals surface area contributed by atoms with E-state index >= 15 is 0 Å². The Morgan fingerprint density at radius 3 is 2.91 bits per heavy atom. The minimum absolute atomic E-state index is 0.0977. The third-order valence-corrected chi connectivity index (χ3v) is 6.55. The Kier molecular flexibility index (Phi) is 6.07. The molecule has 2 aliphatic heterocycles. The van der Waals surface area contributed by atoms with Crippen LogP contribution >= 0.6 is 0 Å². The summed E-state index contributed by atoms with van der Waals surface area (Å²) in [6.45, 7) is 5.56. The molecule has 1 fully saturated rings. The van der Waals surface area contributed by atoms with Gasteiger partial charge in [0.15, 0.2) is 0 Å². The molecule has 9 heteroatoms. The zero-order chi connectivity index (χ0) is 23.7. The van der Waals surface area contributed by atoms with Gasteiger partial charge in [0.05, 0.1) is 31.5 Å². The van der Waals surface area contributed by atoms with Crippen LogP contribution in [0.15, 0.2) is 40.2 Å². The van der Waals surface area contributed by atoms with E-state index < -0.39 is 0 Å². The lowest BCUT2D eigenvalue weighted by atomic mass is 10.1. The molecule has 0 spiro atoms. The number of hydrogen-bond acceptors (Lipinski definition) is 7. The molecule has 3 aromatic rings. The van der Waals surface area contributed by atoms with Crippen molar-refractivity contribution in [2.75, 3.05) is 43.0 Å². The first-order valence-electron chi connectivity index (χ1n) is 11.8. The van der Waals surface area contributed by atoms with Crippen LogP contribution in [0.4, 0.5) is 11.6 Å². The van der Waals surface area contributed by atoms with Gasteiger partial charge in [-0.1, -0.05) is 24.1 Å². The molecular formula is C25H30N8O. The van der Waals surface area contributed by atoms with Gasteiger partial charge in [-0.15, -0.1) is 5.92 Å². The van der Waals surface area contributed by atoms with Crippen LogP contribution < -0.4 is 21.1 Å². The molecule has 5 rings (SSSR count). The Balaban J connectivity index is 1.58. The molecule has 0 radical (unpaired) electrons. The van der Waals surface area contributed by atoms with Crippen molar-refractivity contribution < 1.29 is 0 Å². The van der Waals surface area contributed by atoms with E-state index in [1.807, 2.05) is 16.7 Å². The Morgan fingerprint density at radius 1 is 1.24 bits per heavy atom. The van der Waals surface area contributed by atoms with E-state index in [0.29, 0.717) is 37.2 Å². The summed E-state index contributed by atoms with van der Waals surface area (Å²) >= 11 is 0. The summed E-state index contributed by atoms with van der Waals surface area (Å²) in [7, 11) is 2.06. The van der Waals surface area contributed by atoms with E-state index in [0.717, 1.165) is 48.8 Å². The van der Waals surface area contributed by atoms with E-state index in [1.54, 1.807) is 13.1 Å². The van der Waals surface area contributed by atoms with Crippen LogP contribution in [0.25, 0.3) is 11.0 Å². The highest BCUT2D eigenvalue weighted by Crippen LogP contribution is 2.24. The van der Waals surface area contributed by atoms with Crippen LogP contribution in [0.3, 0.4) is 0 Å². The van der Waals surface area contributed by atoms with Crippen molar-refractivity contribution in [1.29, 1.82) is 0 Å². The molecule has 0 amide bonds. The van der Waals surface area contributed by atoms with E-state index in [-0.39, 0.29) is 11.6 Å². The van der Waals surface area contributed by atoms with Crippen molar-refractivity contribution in [3.63, 3.8) is 0 Å². The lowest BCUT2D eigenvalue weighted by Gasteiger charge is -2.31. The minimum Gasteiger partial charge on any atom is -0.372 e. The van der Waals surface area contributed by atoms with E-state index in [9.17, 15) is 4.79 Å². The summed E-state index contributed by atoms with van der Waals surface area (Å²) in [6.07, 6.45) is 3.67. The molecule has 176 valence electrons. The zero-order valence-corrected chi connectivity index (χ0v) is 19.7. The zero-order valence-electron chi connectivity index (χ0n) is 19.7. The fraction of sp³-hybridized carbons (Fsp3) is 0.440. The molecule has 9 nitrogen and oxygen atoms in total. The monoisotopic (exact) mass is 458 g/mol. The van der Waals surface area contributed by atoms with Crippen LogP contribution in [-0.2, 0) is 13.1 Å². The van der Waals surface area contributed by atoms with E-state index in [1.165, 1.54) is 4.68 Å². The number of fused-ring (bicyclic) bond motifs is 2. The lowest BCUT2D eigenvalue weighted by Crippen LogP contribution is -2.44. The Labute approximate surface area is 198 Å². The molecule has 0 aliphatic carbocycles. The van der Waals surface area contributed by atoms with Gasteiger partial charge in [0.1, 0.15) is 11.0 Å². The van der Waals surface area contributed by atoms with Crippen molar-refractivity contribution in [3.8, 4) is 11.8 Å². The van der Waals surface area contributed by atoms with Crippen molar-refractivity contribution in [2.24, 2.45) is 10.7 Å². The van der Waals surface area contributed by atoms with E-state index in [4.69, 9.17) is 15.7 Å². The molecule has 1 unspecified atom stereocenters. The van der Waals surface area contributed by atoms with Gasteiger partial charge in [-0.25, -0.2) is 9.67 Å². The van der Waals surface area contributed by atoms with Gasteiger partial charge in [0.25, 0.3) is 5.56 Å². The minimum atomic E-state index is -0.187. The molecule has 0 saturated carbocycles. The van der Waals surface area contributed by atoms with Crippen molar-refractivity contribution in [2.45, 2.75) is 38.9 Å². The molecule has 2 aromatic heterocycles. The molecule has 34 heavy (non-hydrogen) atoms. The highest BCUT2D eigenvalue weighted by molar-refractivity contribution is 6.05. The van der Waals surface area contributed by atoms with Gasteiger partial charge < -0.3 is 15.5 Å². The summed E-state index contributed by atoms with van der Waals surface area (Å²) in [6, 6.07) is 8.26. The maximum Gasteiger partial charge on any atom is 0.293 e. The first kappa shape index (κ1) is 22.2. The first-order valence-corrected chi connectivity index (χ1v) is 11.8. The predicted octanol–water partition coefficient (Wildman–Crippen LogP) is 1.48. The SMILES string of the molecule is CC#CCn1c(N2CCCC(N)C2)nc2cnn(CC3=NCCN(C)c4ccccc43)c(=O)c21. The van der Waals surface area contributed by atoms with Gasteiger partial charge >= 0.3 is 0 Å². The lowest BCUT2D eigenvalue weighted by molar-refractivity contribution is 0.496. The third-order valence-electron chi connectivity index (χ3n) is 6.55. The van der Waals surface area contributed by atoms with Crippen LogP contribution in [0.2, 0.25) is 0 Å². The average Bonchev–Trinajstić information content (AvgIpc) is 3.14. The normalized spacial score (nSPS) is 18.2. The number of hydrogen-bond donors (Lipinski definition) is 1. The van der Waals surface area contributed by atoms with Crippen LogP contribution in [0.5, 0.6) is 0 Å². The number of nitrogens with zero attached hydrogens (tertiary/aromatic N) is 7. The maximum atomic E-state index is 13.7. The largest absolute Gasteiger partial charge is 0.372 e. The Bertz CT molecular complexity index is 1360. The number of imidazole rings is 1. The summed E-state index contributed by atoms with van der Waals surface area (Å²) in [5.74, 6) is 6.79. The highest BCUT2D eigenvalue weighted by Gasteiger charge is 2.25. The van der Waals surface area contributed by atoms with Crippen LogP contribution in [0, 0.1) is 11.8 Å². The fourth-order valence-electron chi connectivity index (χ4n) is 4.80. The summed E-state index contributed by atoms with van der Waals surface area (Å²) in [5.41, 5.74) is 10.1. The maximum absolute atomic E-state index is 13.7. The molecule has 2 N–H and O–H groups in total. The Morgan fingerprint density at radius 2 is 2.09 bits per heavy atom. The quantitative estimate of drug-likeness (QED) is 0.595.